The van der Waals surface area contributed by atoms with Crippen LogP contribution in [0.2, 0.25) is 0 Å². The SMILES string of the molecule is CCN(C(=O)CCCCCO)C(C)C(C)C. The minimum absolute atomic E-state index is 0.230. The van der Waals surface area contributed by atoms with Gasteiger partial charge in [-0.15, -0.1) is 0 Å². The van der Waals surface area contributed by atoms with Gasteiger partial charge < -0.3 is 10.0 Å². The molecule has 0 aliphatic rings. The Morgan fingerprint density at radius 3 is 2.25 bits per heavy atom. The second-order valence-corrected chi connectivity index (χ2v) is 4.70. The Hall–Kier alpha value is -0.570. The summed E-state index contributed by atoms with van der Waals surface area (Å²) in [5.41, 5.74) is 0. The first-order valence-electron chi connectivity index (χ1n) is 6.44. The van der Waals surface area contributed by atoms with E-state index < -0.39 is 0 Å². The zero-order valence-corrected chi connectivity index (χ0v) is 11.2. The third-order valence-corrected chi connectivity index (χ3v) is 3.17. The molecule has 0 rings (SSSR count). The minimum Gasteiger partial charge on any atom is -0.396 e. The molecule has 0 fully saturated rings. The van der Waals surface area contributed by atoms with E-state index >= 15 is 0 Å². The predicted molar refractivity (Wildman–Crippen MR) is 67.2 cm³/mol. The molecule has 0 aromatic carbocycles. The lowest BCUT2D eigenvalue weighted by atomic mass is 10.0. The van der Waals surface area contributed by atoms with Gasteiger partial charge >= 0.3 is 0 Å². The van der Waals surface area contributed by atoms with Crippen LogP contribution in [-0.2, 0) is 4.79 Å². The van der Waals surface area contributed by atoms with Gasteiger partial charge in [-0.3, -0.25) is 4.79 Å². The molecule has 3 nitrogen and oxygen atoms in total. The zero-order valence-electron chi connectivity index (χ0n) is 11.2. The third-order valence-electron chi connectivity index (χ3n) is 3.17. The average Bonchev–Trinajstić information content (AvgIpc) is 2.25. The van der Waals surface area contributed by atoms with E-state index in [2.05, 4.69) is 20.8 Å². The standard InChI is InChI=1S/C13H27NO2/c1-5-14(12(4)11(2)3)13(16)9-7-6-8-10-15/h11-12,15H,5-10H2,1-4H3. The van der Waals surface area contributed by atoms with Crippen LogP contribution in [0.4, 0.5) is 0 Å². The first-order valence-corrected chi connectivity index (χ1v) is 6.44. The van der Waals surface area contributed by atoms with Gasteiger partial charge in [-0.05, 0) is 32.6 Å². The Bertz CT molecular complexity index is 192. The van der Waals surface area contributed by atoms with Crippen molar-refractivity contribution < 1.29 is 9.90 Å². The highest BCUT2D eigenvalue weighted by molar-refractivity contribution is 5.76. The lowest BCUT2D eigenvalue weighted by Crippen LogP contribution is -2.41. The molecule has 0 heterocycles. The van der Waals surface area contributed by atoms with E-state index in [-0.39, 0.29) is 12.5 Å². The maximum Gasteiger partial charge on any atom is 0.222 e. The van der Waals surface area contributed by atoms with Gasteiger partial charge in [0.05, 0.1) is 0 Å². The van der Waals surface area contributed by atoms with E-state index in [4.69, 9.17) is 5.11 Å². The van der Waals surface area contributed by atoms with E-state index in [1.165, 1.54) is 0 Å². The summed E-state index contributed by atoms with van der Waals surface area (Å²) in [4.78, 5) is 13.9. The van der Waals surface area contributed by atoms with Crippen LogP contribution in [0.15, 0.2) is 0 Å². The third kappa shape index (κ3) is 5.50. The average molecular weight is 229 g/mol. The molecule has 0 saturated heterocycles. The lowest BCUT2D eigenvalue weighted by Gasteiger charge is -2.31. The highest BCUT2D eigenvalue weighted by Crippen LogP contribution is 2.12. The van der Waals surface area contributed by atoms with Crippen molar-refractivity contribution in [3.63, 3.8) is 0 Å². The topological polar surface area (TPSA) is 40.5 Å². The van der Waals surface area contributed by atoms with Crippen molar-refractivity contribution in [1.82, 2.24) is 4.90 Å². The number of hydrogen-bond donors (Lipinski definition) is 1. The van der Waals surface area contributed by atoms with Crippen LogP contribution in [0.3, 0.4) is 0 Å². The van der Waals surface area contributed by atoms with Crippen LogP contribution in [0, 0.1) is 5.92 Å². The first kappa shape index (κ1) is 15.4. The van der Waals surface area contributed by atoms with E-state index in [0.29, 0.717) is 18.4 Å². The van der Waals surface area contributed by atoms with Crippen LogP contribution in [0.1, 0.15) is 53.4 Å². The van der Waals surface area contributed by atoms with E-state index in [1.807, 2.05) is 11.8 Å². The number of amides is 1. The van der Waals surface area contributed by atoms with Crippen molar-refractivity contribution in [3.8, 4) is 0 Å². The summed E-state index contributed by atoms with van der Waals surface area (Å²) in [6.07, 6.45) is 3.25. The Labute approximate surface area is 99.8 Å². The maximum absolute atomic E-state index is 11.9. The van der Waals surface area contributed by atoms with Crippen LogP contribution in [0.25, 0.3) is 0 Å². The molecule has 96 valence electrons. The van der Waals surface area contributed by atoms with Crippen LogP contribution >= 0.6 is 0 Å². The monoisotopic (exact) mass is 229 g/mol. The summed E-state index contributed by atoms with van der Waals surface area (Å²) in [7, 11) is 0. The molecule has 0 radical (unpaired) electrons. The number of aliphatic hydroxyl groups excluding tert-OH is 1. The molecule has 1 N–H and O–H groups in total. The molecule has 0 saturated carbocycles. The lowest BCUT2D eigenvalue weighted by molar-refractivity contribution is -0.134. The molecule has 0 aromatic heterocycles. The van der Waals surface area contributed by atoms with Gasteiger partial charge in [0.15, 0.2) is 0 Å². The number of carbonyl (C=O) groups excluding carboxylic acids is 1. The maximum atomic E-state index is 11.9. The number of carbonyl (C=O) groups is 1. The molecule has 0 aliphatic carbocycles. The van der Waals surface area contributed by atoms with Crippen LogP contribution in [0.5, 0.6) is 0 Å². The van der Waals surface area contributed by atoms with Crippen molar-refractivity contribution in [3.05, 3.63) is 0 Å². The number of aliphatic hydroxyl groups is 1. The fourth-order valence-corrected chi connectivity index (χ4v) is 1.76. The van der Waals surface area contributed by atoms with Gasteiger partial charge in [-0.1, -0.05) is 20.3 Å². The number of hydrogen-bond acceptors (Lipinski definition) is 2. The Balaban J connectivity index is 4.01. The van der Waals surface area contributed by atoms with Gasteiger partial charge in [0, 0.05) is 25.6 Å². The van der Waals surface area contributed by atoms with Gasteiger partial charge in [0.2, 0.25) is 5.91 Å². The van der Waals surface area contributed by atoms with Crippen molar-refractivity contribution in [2.45, 2.75) is 59.4 Å². The second-order valence-electron chi connectivity index (χ2n) is 4.70. The second kappa shape index (κ2) is 8.57. The highest BCUT2D eigenvalue weighted by Gasteiger charge is 2.20. The largest absolute Gasteiger partial charge is 0.396 e. The van der Waals surface area contributed by atoms with Gasteiger partial charge in [-0.25, -0.2) is 0 Å². The normalized spacial score (nSPS) is 12.9. The summed E-state index contributed by atoms with van der Waals surface area (Å²) in [6, 6.07) is 0.315. The van der Waals surface area contributed by atoms with Crippen LogP contribution < -0.4 is 0 Å². The first-order chi connectivity index (χ1) is 7.54. The number of rotatable bonds is 8. The molecular formula is C13H27NO2. The van der Waals surface area contributed by atoms with Gasteiger partial charge in [-0.2, -0.15) is 0 Å². The summed E-state index contributed by atoms with van der Waals surface area (Å²) >= 11 is 0. The molecule has 1 unspecified atom stereocenters. The highest BCUT2D eigenvalue weighted by atomic mass is 16.2. The fraction of sp³-hybridized carbons (Fsp3) is 0.923. The molecule has 0 bridgehead atoms. The van der Waals surface area contributed by atoms with E-state index in [1.54, 1.807) is 0 Å². The predicted octanol–water partition coefficient (Wildman–Crippen LogP) is 2.43. The van der Waals surface area contributed by atoms with E-state index in [0.717, 1.165) is 25.8 Å². The van der Waals surface area contributed by atoms with Crippen LogP contribution in [-0.4, -0.2) is 35.1 Å². The Morgan fingerprint density at radius 1 is 1.19 bits per heavy atom. The fourth-order valence-electron chi connectivity index (χ4n) is 1.76. The van der Waals surface area contributed by atoms with Crippen molar-refractivity contribution in [1.29, 1.82) is 0 Å². The molecule has 1 atom stereocenters. The quantitative estimate of drug-likeness (QED) is 0.649. The van der Waals surface area contributed by atoms with Gasteiger partial charge in [0.25, 0.3) is 0 Å². The molecule has 16 heavy (non-hydrogen) atoms. The molecule has 1 amide bonds. The molecule has 3 heteroatoms. The summed E-state index contributed by atoms with van der Waals surface area (Å²) in [6.45, 7) is 9.45. The number of unbranched alkanes of at least 4 members (excludes halogenated alkanes) is 2. The Kier molecular flexibility index (Phi) is 8.26. The van der Waals surface area contributed by atoms with E-state index in [9.17, 15) is 4.79 Å². The Morgan fingerprint density at radius 2 is 1.81 bits per heavy atom. The molecule has 0 aromatic rings. The molecule has 0 aliphatic heterocycles. The molecular weight excluding hydrogens is 202 g/mol. The van der Waals surface area contributed by atoms with Crippen molar-refractivity contribution in [2.75, 3.05) is 13.2 Å². The van der Waals surface area contributed by atoms with Crippen molar-refractivity contribution in [2.24, 2.45) is 5.92 Å². The summed E-state index contributed by atoms with van der Waals surface area (Å²) in [5.74, 6) is 0.753. The summed E-state index contributed by atoms with van der Waals surface area (Å²) < 4.78 is 0. The summed E-state index contributed by atoms with van der Waals surface area (Å²) in [5, 5.41) is 8.65. The number of nitrogens with zero attached hydrogens (tertiary/aromatic N) is 1. The zero-order chi connectivity index (χ0) is 12.6. The van der Waals surface area contributed by atoms with Crippen molar-refractivity contribution >= 4 is 5.91 Å². The minimum atomic E-state index is 0.230. The van der Waals surface area contributed by atoms with Gasteiger partial charge in [0.1, 0.15) is 0 Å². The smallest absolute Gasteiger partial charge is 0.222 e. The molecule has 0 spiro atoms.